The van der Waals surface area contributed by atoms with E-state index in [1.54, 1.807) is 0 Å². The van der Waals surface area contributed by atoms with Crippen LogP contribution in [0.3, 0.4) is 0 Å². The molecule has 0 spiro atoms. The van der Waals surface area contributed by atoms with Gasteiger partial charge in [0.05, 0.1) is 22.8 Å². The summed E-state index contributed by atoms with van der Waals surface area (Å²) in [6.07, 6.45) is 7.86. The number of nitrogens with zero attached hydrogens (tertiary/aromatic N) is 12. The van der Waals surface area contributed by atoms with Gasteiger partial charge in [-0.15, -0.1) is 20.5 Å². The Morgan fingerprint density at radius 1 is 0.333 bits per heavy atom. The number of aryl methyl sites for hydroxylation is 12. The molecular weight excluding hydrogens is 1220 g/mol. The van der Waals surface area contributed by atoms with E-state index in [1.807, 2.05) is 104 Å². The first-order valence-electron chi connectivity index (χ1n) is 26.0. The number of hydrogen-bond acceptors (Lipinski definition) is 18. The van der Waals surface area contributed by atoms with Gasteiger partial charge >= 0.3 is 19.5 Å². The predicted molar refractivity (Wildman–Crippen MR) is 301 cm³/mol. The average molecular weight is 1280 g/mol. The Morgan fingerprint density at radius 2 is 0.483 bits per heavy atom. The summed E-state index contributed by atoms with van der Waals surface area (Å²) in [5.74, 6) is 3.02. The van der Waals surface area contributed by atoms with Gasteiger partial charge in [0.25, 0.3) is 0 Å². The van der Waals surface area contributed by atoms with Crippen molar-refractivity contribution in [2.45, 2.75) is 83.1 Å². The quantitative estimate of drug-likeness (QED) is 0.119. The molecule has 6 aromatic heterocycles. The van der Waals surface area contributed by atoms with Crippen molar-refractivity contribution in [1.29, 1.82) is 0 Å². The molecule has 0 bridgehead atoms. The van der Waals surface area contributed by atoms with E-state index in [9.17, 15) is 0 Å². The zero-order valence-corrected chi connectivity index (χ0v) is 54.9. The summed E-state index contributed by atoms with van der Waals surface area (Å²) in [5.41, 5.74) is 23.5. The minimum Gasteiger partial charge on any atom is -0.265 e. The van der Waals surface area contributed by atoms with Crippen molar-refractivity contribution >= 4 is 0 Å². The first kappa shape index (κ1) is 71.2. The van der Waals surface area contributed by atoms with Crippen molar-refractivity contribution in [3.63, 3.8) is 0 Å². The smallest absolute Gasteiger partial charge is 0.265 e. The molecule has 0 aliphatic heterocycles. The summed E-state index contributed by atoms with van der Waals surface area (Å²) in [6.45, 7) is 25.6. The van der Waals surface area contributed by atoms with E-state index in [2.05, 4.69) is 132 Å². The van der Waals surface area contributed by atoms with Crippen molar-refractivity contribution in [2.75, 3.05) is 14.1 Å². The van der Waals surface area contributed by atoms with Crippen LogP contribution in [0.25, 0.3) is 68.3 Å². The molecule has 0 amide bonds. The second kappa shape index (κ2) is 30.9. The summed E-state index contributed by atoms with van der Waals surface area (Å²) < 4.78 is 75.3. The van der Waals surface area contributed by atoms with Gasteiger partial charge in [0.2, 0.25) is 0 Å². The molecule has 10 aromatic rings. The van der Waals surface area contributed by atoms with E-state index in [-0.39, 0.29) is 19.5 Å². The van der Waals surface area contributed by atoms with Crippen LogP contribution in [0.5, 0.6) is 0 Å². The van der Waals surface area contributed by atoms with E-state index in [0.717, 1.165) is 60.1 Å². The summed E-state index contributed by atoms with van der Waals surface area (Å²) in [5, 5.41) is 37.0. The van der Waals surface area contributed by atoms with Crippen LogP contribution in [0.4, 0.5) is 0 Å². The molecule has 27 heteroatoms. The molecule has 0 unspecified atom stereocenters. The van der Waals surface area contributed by atoms with Crippen LogP contribution in [-0.2, 0) is 19.5 Å². The Bertz CT molecular complexity index is 3410. The fraction of sp³-hybridized carbons (Fsp3) is 0.233. The Kier molecular flexibility index (Phi) is 25.3. The topological polar surface area (TPSA) is 368 Å². The van der Waals surface area contributed by atoms with Gasteiger partial charge in [-0.25, -0.2) is 66.0 Å². The Labute approximate surface area is 519 Å². The SMILES string of the molecule is C[N+](=O)[O-].C[N+](=O)[O-].Cc1cc(C)c(-c2ccn(-c3cccc(-n4ccc(-c5c(C)cc(C)cc5C)n4)n3)n2)c(C)c1.Cc1cc(C)c(-c2ccn(-c3cccc(-n4ccc(-c5c(C)cc(C)cc5C)n4)n3)n2)c(C)c1.[O-][Cl+3]([O-])([O-])[O-].[O-][Cl+3]([O-])([O-])[O-].[Zn+2]. The third kappa shape index (κ3) is 21.6. The van der Waals surface area contributed by atoms with Crippen LogP contribution in [0.2, 0.25) is 0 Å². The monoisotopic (exact) mass is 1280 g/mol. The summed E-state index contributed by atoms with van der Waals surface area (Å²) in [7, 11) is -8.11. The average Bonchev–Trinajstić information content (AvgIpc) is 2.00. The summed E-state index contributed by atoms with van der Waals surface area (Å²) in [4.78, 5) is 26.3. The molecule has 0 aliphatic rings. The maximum Gasteiger partial charge on any atom is 2.00 e. The Hall–Kier alpha value is -8.30. The van der Waals surface area contributed by atoms with Crippen molar-refractivity contribution in [2.24, 2.45) is 0 Å². The second-order valence-electron chi connectivity index (χ2n) is 20.0. The number of nitro groups is 2. The normalized spacial score (nSPS) is 10.7. The molecule has 6 heterocycles. The standard InChI is InChI=1S/2C29H29N5.2CH3NO2.2ClHO4.Zn/c2*1-18-14-20(3)28(21(4)15-18)24-10-12-33(31-24)26-8-7-9-27(30-26)34-13-11-25(32-34)29-22(5)16-19(2)17-23(29)6;2*1-2(3)4;2*2-1(3,4)5;/h2*7-17H,1-6H3;2*1H3;2*(H,2,3,4,5);/q;;;;;;+2/p-2. The van der Waals surface area contributed by atoms with E-state index in [4.69, 9.17) is 87.9 Å². The largest absolute Gasteiger partial charge is 2.00 e. The van der Waals surface area contributed by atoms with Crippen LogP contribution >= 0.6 is 0 Å². The fourth-order valence-corrected chi connectivity index (χ4v) is 10.0. The number of aromatic nitrogens is 10. The van der Waals surface area contributed by atoms with Gasteiger partial charge in [-0.2, -0.15) is 20.4 Å². The van der Waals surface area contributed by atoms with Crippen LogP contribution < -0.4 is 37.3 Å². The van der Waals surface area contributed by atoms with Crippen LogP contribution in [0.1, 0.15) is 66.8 Å². The van der Waals surface area contributed by atoms with E-state index >= 15 is 0 Å². The molecule has 452 valence electrons. The van der Waals surface area contributed by atoms with Crippen LogP contribution in [0.15, 0.2) is 134 Å². The van der Waals surface area contributed by atoms with Crippen LogP contribution in [0, 0.1) is 124 Å². The third-order valence-corrected chi connectivity index (χ3v) is 12.5. The summed E-state index contributed by atoms with van der Waals surface area (Å²) in [6, 6.07) is 37.7. The van der Waals surface area contributed by atoms with Crippen molar-refractivity contribution in [3.8, 4) is 68.3 Å². The zero-order chi connectivity index (χ0) is 64.1. The minimum atomic E-state index is -4.94. The number of hydrogen-bond donors (Lipinski definition) is 0. The first-order valence-corrected chi connectivity index (χ1v) is 28.4. The molecular formula is C60H64Cl2N12O12Zn. The predicted octanol–water partition coefficient (Wildman–Crippen LogP) is 3.55. The molecule has 87 heavy (non-hydrogen) atoms. The number of rotatable bonds is 8. The molecule has 0 aliphatic carbocycles. The molecule has 0 saturated heterocycles. The van der Waals surface area contributed by atoms with Crippen molar-refractivity contribution in [1.82, 2.24) is 49.1 Å². The van der Waals surface area contributed by atoms with Gasteiger partial charge in [-0.3, -0.25) is 20.2 Å². The molecule has 4 aromatic carbocycles. The van der Waals surface area contributed by atoms with E-state index < -0.39 is 30.3 Å². The Balaban J connectivity index is 0.000000289. The number of halogens is 2. The van der Waals surface area contributed by atoms with Gasteiger partial charge < -0.3 is 0 Å². The minimum absolute atomic E-state index is 0. The van der Waals surface area contributed by atoms with Crippen LogP contribution in [-0.4, -0.2) is 73.0 Å². The van der Waals surface area contributed by atoms with Crippen molar-refractivity contribution in [3.05, 3.63) is 221 Å². The molecule has 0 atom stereocenters. The molecule has 0 radical (unpaired) electrons. The van der Waals surface area contributed by atoms with Gasteiger partial charge in [0.15, 0.2) is 37.4 Å². The maximum atomic E-state index is 8.81. The molecule has 0 saturated carbocycles. The molecule has 24 nitrogen and oxygen atoms in total. The number of pyridine rings is 2. The molecule has 0 fully saturated rings. The van der Waals surface area contributed by atoms with Gasteiger partial charge in [-0.1, -0.05) is 82.9 Å². The van der Waals surface area contributed by atoms with E-state index in [1.165, 1.54) is 89.0 Å². The fourth-order valence-electron chi connectivity index (χ4n) is 10.0. The number of benzene rings is 4. The second-order valence-corrected chi connectivity index (χ2v) is 21.5. The van der Waals surface area contributed by atoms with Gasteiger partial charge in [0, 0.05) is 56.9 Å². The molecule has 0 N–H and O–H groups in total. The zero-order valence-electron chi connectivity index (χ0n) is 50.4. The summed E-state index contributed by atoms with van der Waals surface area (Å²) >= 11 is 0. The Morgan fingerprint density at radius 3 is 0.632 bits per heavy atom. The van der Waals surface area contributed by atoms with E-state index in [0.29, 0.717) is 0 Å². The maximum absolute atomic E-state index is 8.81. The van der Waals surface area contributed by atoms with Gasteiger partial charge in [0.1, 0.15) is 0 Å². The molecule has 10 rings (SSSR count). The first-order chi connectivity index (χ1) is 40.1. The van der Waals surface area contributed by atoms with Crippen molar-refractivity contribution < 1.29 is 87.1 Å². The van der Waals surface area contributed by atoms with Gasteiger partial charge in [-0.05, 0) is 176 Å². The third-order valence-electron chi connectivity index (χ3n) is 12.5.